The van der Waals surface area contributed by atoms with Gasteiger partial charge in [-0.2, -0.15) is 4.31 Å². The van der Waals surface area contributed by atoms with Gasteiger partial charge in [0.2, 0.25) is 10.0 Å². The van der Waals surface area contributed by atoms with E-state index in [1.54, 1.807) is 18.2 Å². The van der Waals surface area contributed by atoms with Crippen molar-refractivity contribution in [1.29, 1.82) is 0 Å². The molecule has 1 saturated heterocycles. The lowest BCUT2D eigenvalue weighted by atomic mass is 10.2. The number of amides is 1. The van der Waals surface area contributed by atoms with Crippen LogP contribution < -0.4 is 9.80 Å². The number of halogens is 1. The van der Waals surface area contributed by atoms with Crippen molar-refractivity contribution >= 4 is 33.2 Å². The minimum atomic E-state index is -3.61. The summed E-state index contributed by atoms with van der Waals surface area (Å²) < 4.78 is 27.1. The molecule has 2 aliphatic rings. The number of benzene rings is 2. The summed E-state index contributed by atoms with van der Waals surface area (Å²) in [6, 6.07) is 14.5. The molecule has 0 atom stereocenters. The molecule has 0 radical (unpaired) electrons. The average Bonchev–Trinajstić information content (AvgIpc) is 3.13. The van der Waals surface area contributed by atoms with E-state index in [2.05, 4.69) is 6.07 Å². The summed E-state index contributed by atoms with van der Waals surface area (Å²) in [5.74, 6) is 0.0994. The number of para-hydroxylation sites is 1. The molecule has 1 amide bonds. The number of hydrogen-bond donors (Lipinski definition) is 1. The number of anilines is 1. The zero-order valence-electron chi connectivity index (χ0n) is 15.5. The molecule has 8 heteroatoms. The average molecular weight is 421 g/mol. The minimum Gasteiger partial charge on any atom is -0.325 e. The fourth-order valence-electron chi connectivity index (χ4n) is 3.92. The molecule has 2 heterocycles. The molecule has 2 aromatic rings. The number of hydrogen-bond acceptors (Lipinski definition) is 3. The quantitative estimate of drug-likeness (QED) is 0.796. The molecule has 1 fully saturated rings. The van der Waals surface area contributed by atoms with Gasteiger partial charge in [0.1, 0.15) is 4.90 Å². The molecule has 1 N–H and O–H groups in total. The molecule has 0 bridgehead atoms. The molecule has 2 aliphatic heterocycles. The lowest BCUT2D eigenvalue weighted by Gasteiger charge is -2.32. The second kappa shape index (κ2) is 7.83. The summed E-state index contributed by atoms with van der Waals surface area (Å²) in [6.07, 6.45) is 0.890. The van der Waals surface area contributed by atoms with Crippen LogP contribution >= 0.6 is 11.6 Å². The normalized spacial score (nSPS) is 18.2. The highest BCUT2D eigenvalue weighted by Gasteiger charge is 2.33. The first-order valence-electron chi connectivity index (χ1n) is 9.43. The smallest absolute Gasteiger partial charge is 0.282 e. The molecule has 28 heavy (non-hydrogen) atoms. The summed E-state index contributed by atoms with van der Waals surface area (Å²) in [5, 5.41) is 0.236. The standard InChI is InChI=1S/C20H22ClN3O3S/c21-17-6-2-4-8-19(17)28(26,27)23-13-11-22(12-14-23)15-20(25)24-10-9-16-5-1-3-7-18(16)24/h1-8H,9-15H2/p+1. The molecule has 0 spiro atoms. The van der Waals surface area contributed by atoms with Crippen molar-refractivity contribution in [3.63, 3.8) is 0 Å². The van der Waals surface area contributed by atoms with Crippen LogP contribution in [0.3, 0.4) is 0 Å². The molecule has 0 aliphatic carbocycles. The number of sulfonamides is 1. The summed E-state index contributed by atoms with van der Waals surface area (Å²) in [4.78, 5) is 15.9. The topological polar surface area (TPSA) is 62.1 Å². The third-order valence-electron chi connectivity index (χ3n) is 5.47. The molecule has 0 aromatic heterocycles. The van der Waals surface area contributed by atoms with Gasteiger partial charge in [-0.1, -0.05) is 41.9 Å². The van der Waals surface area contributed by atoms with Gasteiger partial charge in [-0.25, -0.2) is 8.42 Å². The van der Waals surface area contributed by atoms with Gasteiger partial charge < -0.3 is 9.80 Å². The molecule has 6 nitrogen and oxygen atoms in total. The maximum atomic E-state index is 12.8. The Labute approximate surface area is 170 Å². The third-order valence-corrected chi connectivity index (χ3v) is 7.87. The Morgan fingerprint density at radius 3 is 2.43 bits per heavy atom. The van der Waals surface area contributed by atoms with Crippen LogP contribution in [0.5, 0.6) is 0 Å². The molecule has 0 saturated carbocycles. The fraction of sp³-hybridized carbons (Fsp3) is 0.350. The lowest BCUT2D eigenvalue weighted by Crippen LogP contribution is -3.15. The SMILES string of the molecule is O=C(C[NH+]1CCN(S(=O)(=O)c2ccccc2Cl)CC1)N1CCc2ccccc21. The van der Waals surface area contributed by atoms with E-state index in [1.165, 1.54) is 15.9 Å². The number of nitrogens with zero attached hydrogens (tertiary/aromatic N) is 2. The minimum absolute atomic E-state index is 0.0994. The molecule has 0 unspecified atom stereocenters. The molecule has 148 valence electrons. The van der Waals surface area contributed by atoms with Gasteiger partial charge in [-0.3, -0.25) is 4.79 Å². The van der Waals surface area contributed by atoms with E-state index < -0.39 is 10.0 Å². The van der Waals surface area contributed by atoms with Crippen molar-refractivity contribution in [3.8, 4) is 0 Å². The van der Waals surface area contributed by atoms with Crippen LogP contribution in [-0.2, 0) is 21.2 Å². The van der Waals surface area contributed by atoms with Crippen molar-refractivity contribution in [2.75, 3.05) is 44.2 Å². The lowest BCUT2D eigenvalue weighted by molar-refractivity contribution is -0.895. The number of fused-ring (bicyclic) bond motifs is 1. The van der Waals surface area contributed by atoms with Crippen molar-refractivity contribution in [2.24, 2.45) is 0 Å². The van der Waals surface area contributed by atoms with E-state index in [9.17, 15) is 13.2 Å². The molecular formula is C20H23ClN3O3S+. The summed E-state index contributed by atoms with van der Waals surface area (Å²) >= 11 is 6.08. The van der Waals surface area contributed by atoms with Crippen molar-refractivity contribution in [2.45, 2.75) is 11.3 Å². The Hall–Kier alpha value is -1.93. The zero-order valence-corrected chi connectivity index (χ0v) is 17.0. The summed E-state index contributed by atoms with van der Waals surface area (Å²) in [6.45, 7) is 3.07. The van der Waals surface area contributed by atoms with E-state index in [-0.39, 0.29) is 15.8 Å². The summed E-state index contributed by atoms with van der Waals surface area (Å²) in [7, 11) is -3.61. The first-order chi connectivity index (χ1) is 13.5. The second-order valence-electron chi connectivity index (χ2n) is 7.19. The van der Waals surface area contributed by atoms with E-state index in [1.807, 2.05) is 23.1 Å². The van der Waals surface area contributed by atoms with Gasteiger partial charge in [0.15, 0.2) is 6.54 Å². The number of rotatable bonds is 4. The Morgan fingerprint density at radius 1 is 1.00 bits per heavy atom. The fourth-order valence-corrected chi connectivity index (χ4v) is 5.85. The number of nitrogens with one attached hydrogen (secondary N) is 1. The Bertz CT molecular complexity index is 988. The van der Waals surface area contributed by atoms with Crippen LogP contribution in [0.2, 0.25) is 5.02 Å². The predicted octanol–water partition coefficient (Wildman–Crippen LogP) is 0.819. The Kier molecular flexibility index (Phi) is 5.42. The van der Waals surface area contributed by atoms with Crippen LogP contribution in [0.1, 0.15) is 5.56 Å². The zero-order chi connectivity index (χ0) is 19.7. The van der Waals surface area contributed by atoms with Crippen LogP contribution in [0.15, 0.2) is 53.4 Å². The second-order valence-corrected chi connectivity index (χ2v) is 9.50. The number of carbonyl (C=O) groups is 1. The first-order valence-corrected chi connectivity index (χ1v) is 11.2. The Balaban J connectivity index is 1.37. The van der Waals surface area contributed by atoms with Gasteiger partial charge in [0.05, 0.1) is 31.2 Å². The van der Waals surface area contributed by atoms with E-state index in [0.717, 1.165) is 23.6 Å². The van der Waals surface area contributed by atoms with Gasteiger partial charge >= 0.3 is 0 Å². The number of piperazine rings is 1. The highest BCUT2D eigenvalue weighted by molar-refractivity contribution is 7.89. The largest absolute Gasteiger partial charge is 0.325 e. The highest BCUT2D eigenvalue weighted by Crippen LogP contribution is 2.27. The van der Waals surface area contributed by atoms with Gasteiger partial charge in [0.25, 0.3) is 5.91 Å². The van der Waals surface area contributed by atoms with Crippen LogP contribution in [-0.4, -0.2) is 57.9 Å². The van der Waals surface area contributed by atoms with Crippen LogP contribution in [0.25, 0.3) is 0 Å². The number of carbonyl (C=O) groups excluding carboxylic acids is 1. The first kappa shape index (κ1) is 19.4. The van der Waals surface area contributed by atoms with Crippen molar-refractivity contribution in [1.82, 2.24) is 4.31 Å². The molecular weight excluding hydrogens is 398 g/mol. The van der Waals surface area contributed by atoms with Crippen LogP contribution in [0, 0.1) is 0 Å². The predicted molar refractivity (Wildman–Crippen MR) is 108 cm³/mol. The highest BCUT2D eigenvalue weighted by atomic mass is 35.5. The van der Waals surface area contributed by atoms with Gasteiger partial charge in [-0.05, 0) is 30.2 Å². The maximum Gasteiger partial charge on any atom is 0.282 e. The van der Waals surface area contributed by atoms with E-state index >= 15 is 0 Å². The Morgan fingerprint density at radius 2 is 1.68 bits per heavy atom. The van der Waals surface area contributed by atoms with E-state index in [0.29, 0.717) is 32.7 Å². The molecule has 4 rings (SSSR count). The van der Waals surface area contributed by atoms with Crippen LogP contribution in [0.4, 0.5) is 5.69 Å². The maximum absolute atomic E-state index is 12.8. The van der Waals surface area contributed by atoms with Gasteiger partial charge in [0, 0.05) is 12.2 Å². The van der Waals surface area contributed by atoms with E-state index in [4.69, 9.17) is 11.6 Å². The molecule has 2 aromatic carbocycles. The number of quaternary nitrogens is 1. The summed E-state index contributed by atoms with van der Waals surface area (Å²) in [5.41, 5.74) is 2.22. The van der Waals surface area contributed by atoms with Crippen molar-refractivity contribution in [3.05, 3.63) is 59.1 Å². The third kappa shape index (κ3) is 3.67. The van der Waals surface area contributed by atoms with Gasteiger partial charge in [-0.15, -0.1) is 0 Å². The monoisotopic (exact) mass is 420 g/mol. The van der Waals surface area contributed by atoms with Crippen molar-refractivity contribution < 1.29 is 18.1 Å².